The lowest BCUT2D eigenvalue weighted by atomic mass is 10.0. The lowest BCUT2D eigenvalue weighted by molar-refractivity contribution is 0.415. The van der Waals surface area contributed by atoms with E-state index >= 15 is 0 Å². The summed E-state index contributed by atoms with van der Waals surface area (Å²) in [5.74, 6) is 2.86. The zero-order chi connectivity index (χ0) is 19.3. The third-order valence-electron chi connectivity index (χ3n) is 6.02. The molecule has 1 aromatic carbocycles. The topological polar surface area (TPSA) is 44.7 Å². The molecule has 4 rings (SSSR count). The fourth-order valence-corrected chi connectivity index (χ4v) is 4.33. The highest BCUT2D eigenvalue weighted by Crippen LogP contribution is 2.26. The number of aromatic nitrogens is 2. The Balaban J connectivity index is 1.41. The number of nitrogens with zero attached hydrogens (tertiary/aromatic N) is 5. The molecular weight excluding hydrogens is 350 g/mol. The smallest absolute Gasteiger partial charge is 0.227 e. The van der Waals surface area contributed by atoms with E-state index < -0.39 is 0 Å². The summed E-state index contributed by atoms with van der Waals surface area (Å²) in [6.45, 7) is 7.28. The number of hydrogen-bond donors (Lipinski definition) is 0. The van der Waals surface area contributed by atoms with Gasteiger partial charge in [-0.3, -0.25) is 0 Å². The van der Waals surface area contributed by atoms with E-state index in [1.165, 1.54) is 24.9 Å². The average molecular weight is 382 g/mol. The molecule has 3 heterocycles. The number of methoxy groups -OCH3 is 1. The van der Waals surface area contributed by atoms with E-state index in [0.29, 0.717) is 6.04 Å². The van der Waals surface area contributed by atoms with Crippen molar-refractivity contribution in [3.63, 3.8) is 0 Å². The molecule has 2 aromatic rings. The zero-order valence-corrected chi connectivity index (χ0v) is 17.0. The molecule has 2 aliphatic rings. The minimum Gasteiger partial charge on any atom is -0.497 e. The van der Waals surface area contributed by atoms with Crippen LogP contribution >= 0.6 is 0 Å². The first kappa shape index (κ1) is 18.8. The molecule has 0 aliphatic carbocycles. The minimum absolute atomic E-state index is 0.580. The Kier molecular flexibility index (Phi) is 5.84. The summed E-state index contributed by atoms with van der Waals surface area (Å²) in [6.07, 6.45) is 6.90. The number of ether oxygens (including phenoxy) is 1. The van der Waals surface area contributed by atoms with Crippen LogP contribution in [-0.2, 0) is 0 Å². The first-order valence-corrected chi connectivity index (χ1v) is 10.5. The Morgan fingerprint density at radius 1 is 0.964 bits per heavy atom. The van der Waals surface area contributed by atoms with Crippen molar-refractivity contribution >= 4 is 17.5 Å². The van der Waals surface area contributed by atoms with E-state index in [9.17, 15) is 0 Å². The Labute approximate surface area is 168 Å². The molecule has 1 unspecified atom stereocenters. The van der Waals surface area contributed by atoms with Crippen molar-refractivity contribution in [3.05, 3.63) is 36.5 Å². The molecule has 0 amide bonds. The fraction of sp³-hybridized carbons (Fsp3) is 0.545. The summed E-state index contributed by atoms with van der Waals surface area (Å²) in [7, 11) is 1.70. The molecule has 0 spiro atoms. The summed E-state index contributed by atoms with van der Waals surface area (Å²) in [6, 6.07) is 11.0. The van der Waals surface area contributed by atoms with Crippen molar-refractivity contribution < 1.29 is 4.74 Å². The van der Waals surface area contributed by atoms with Gasteiger partial charge in [-0.1, -0.05) is 6.92 Å². The SMILES string of the molecule is CCC1CCCCN1c1nccc(N2CCN(c3ccc(OC)cc3)CC2)n1. The number of piperazine rings is 1. The van der Waals surface area contributed by atoms with Gasteiger partial charge in [-0.2, -0.15) is 4.98 Å². The number of benzene rings is 1. The lowest BCUT2D eigenvalue weighted by Gasteiger charge is -2.38. The first-order valence-electron chi connectivity index (χ1n) is 10.5. The largest absolute Gasteiger partial charge is 0.497 e. The molecule has 0 bridgehead atoms. The second-order valence-corrected chi connectivity index (χ2v) is 7.64. The van der Waals surface area contributed by atoms with Crippen molar-refractivity contribution in [2.24, 2.45) is 0 Å². The molecule has 6 heteroatoms. The summed E-state index contributed by atoms with van der Waals surface area (Å²) in [4.78, 5) is 16.8. The van der Waals surface area contributed by atoms with E-state index in [-0.39, 0.29) is 0 Å². The number of piperidine rings is 1. The van der Waals surface area contributed by atoms with Crippen LogP contribution in [0.2, 0.25) is 0 Å². The number of hydrogen-bond acceptors (Lipinski definition) is 6. The van der Waals surface area contributed by atoms with Crippen LogP contribution in [0.25, 0.3) is 0 Å². The third kappa shape index (κ3) is 4.01. The van der Waals surface area contributed by atoms with Crippen molar-refractivity contribution in [3.8, 4) is 5.75 Å². The maximum absolute atomic E-state index is 5.26. The van der Waals surface area contributed by atoms with Crippen LogP contribution < -0.4 is 19.4 Å². The maximum atomic E-state index is 5.26. The van der Waals surface area contributed by atoms with Crippen molar-refractivity contribution in [2.45, 2.75) is 38.6 Å². The molecular formula is C22H31N5O. The maximum Gasteiger partial charge on any atom is 0.227 e. The van der Waals surface area contributed by atoms with Gasteiger partial charge in [-0.05, 0) is 56.0 Å². The average Bonchev–Trinajstić information content (AvgIpc) is 2.79. The standard InChI is InChI=1S/C22H31N5O/c1-3-18-6-4-5-13-27(18)22-23-12-11-21(24-22)26-16-14-25(15-17-26)19-7-9-20(28-2)10-8-19/h7-12,18H,3-6,13-17H2,1-2H3. The second kappa shape index (κ2) is 8.67. The Morgan fingerprint density at radius 3 is 2.43 bits per heavy atom. The molecule has 0 saturated carbocycles. The highest BCUT2D eigenvalue weighted by atomic mass is 16.5. The van der Waals surface area contributed by atoms with E-state index in [0.717, 1.165) is 56.7 Å². The van der Waals surface area contributed by atoms with E-state index in [2.05, 4.69) is 44.8 Å². The van der Waals surface area contributed by atoms with Crippen LogP contribution in [0.5, 0.6) is 5.75 Å². The predicted molar refractivity (Wildman–Crippen MR) is 115 cm³/mol. The van der Waals surface area contributed by atoms with Crippen LogP contribution in [0.3, 0.4) is 0 Å². The number of anilines is 3. The first-order chi connectivity index (χ1) is 13.8. The Hall–Kier alpha value is -2.50. The number of rotatable bonds is 5. The van der Waals surface area contributed by atoms with Crippen LogP contribution in [0.15, 0.2) is 36.5 Å². The van der Waals surface area contributed by atoms with Gasteiger partial charge < -0.3 is 19.4 Å². The fourth-order valence-electron chi connectivity index (χ4n) is 4.33. The van der Waals surface area contributed by atoms with Gasteiger partial charge in [0.2, 0.25) is 5.95 Å². The van der Waals surface area contributed by atoms with Gasteiger partial charge in [0.05, 0.1) is 7.11 Å². The highest BCUT2D eigenvalue weighted by Gasteiger charge is 2.24. The molecule has 150 valence electrons. The quantitative estimate of drug-likeness (QED) is 0.789. The van der Waals surface area contributed by atoms with Crippen LogP contribution in [-0.4, -0.2) is 55.8 Å². The molecule has 2 fully saturated rings. The highest BCUT2D eigenvalue weighted by molar-refractivity contribution is 5.52. The van der Waals surface area contributed by atoms with Crippen LogP contribution in [0, 0.1) is 0 Å². The molecule has 1 aromatic heterocycles. The normalized spacial score (nSPS) is 20.4. The lowest BCUT2D eigenvalue weighted by Crippen LogP contribution is -2.47. The Bertz CT molecular complexity index is 758. The second-order valence-electron chi connectivity index (χ2n) is 7.64. The predicted octanol–water partition coefficient (Wildman–Crippen LogP) is 3.58. The molecule has 0 N–H and O–H groups in total. The zero-order valence-electron chi connectivity index (χ0n) is 17.0. The van der Waals surface area contributed by atoms with E-state index in [1.54, 1.807) is 7.11 Å². The molecule has 2 aliphatic heterocycles. The van der Waals surface area contributed by atoms with Gasteiger partial charge in [0.15, 0.2) is 0 Å². The van der Waals surface area contributed by atoms with Gasteiger partial charge in [-0.15, -0.1) is 0 Å². The van der Waals surface area contributed by atoms with Gasteiger partial charge in [0, 0.05) is 50.6 Å². The molecule has 6 nitrogen and oxygen atoms in total. The molecule has 1 atom stereocenters. The van der Waals surface area contributed by atoms with E-state index in [4.69, 9.17) is 9.72 Å². The third-order valence-corrected chi connectivity index (χ3v) is 6.02. The van der Waals surface area contributed by atoms with Gasteiger partial charge in [0.1, 0.15) is 11.6 Å². The Morgan fingerprint density at radius 2 is 1.71 bits per heavy atom. The van der Waals surface area contributed by atoms with Gasteiger partial charge in [0.25, 0.3) is 0 Å². The monoisotopic (exact) mass is 381 g/mol. The summed E-state index contributed by atoms with van der Waals surface area (Å²) < 4.78 is 5.26. The minimum atomic E-state index is 0.580. The summed E-state index contributed by atoms with van der Waals surface area (Å²) in [5.41, 5.74) is 1.25. The summed E-state index contributed by atoms with van der Waals surface area (Å²) in [5, 5.41) is 0. The summed E-state index contributed by atoms with van der Waals surface area (Å²) >= 11 is 0. The van der Waals surface area contributed by atoms with Crippen molar-refractivity contribution in [1.82, 2.24) is 9.97 Å². The van der Waals surface area contributed by atoms with Crippen molar-refractivity contribution in [2.75, 3.05) is 54.5 Å². The van der Waals surface area contributed by atoms with E-state index in [1.807, 2.05) is 18.3 Å². The molecule has 0 radical (unpaired) electrons. The molecule has 2 saturated heterocycles. The van der Waals surface area contributed by atoms with Crippen LogP contribution in [0.4, 0.5) is 17.5 Å². The van der Waals surface area contributed by atoms with Gasteiger partial charge in [-0.25, -0.2) is 4.98 Å². The molecule has 28 heavy (non-hydrogen) atoms. The van der Waals surface area contributed by atoms with Crippen molar-refractivity contribution in [1.29, 1.82) is 0 Å². The van der Waals surface area contributed by atoms with Crippen LogP contribution in [0.1, 0.15) is 32.6 Å². The van der Waals surface area contributed by atoms with Gasteiger partial charge >= 0.3 is 0 Å².